The lowest BCUT2D eigenvalue weighted by atomic mass is 10.4. The third-order valence-electron chi connectivity index (χ3n) is 1.84. The molecule has 0 saturated heterocycles. The van der Waals surface area contributed by atoms with Gasteiger partial charge in [0.2, 0.25) is 0 Å². The fraction of sp³-hybridized carbons (Fsp3) is 0.143. The van der Waals surface area contributed by atoms with Crippen molar-refractivity contribution in [3.63, 3.8) is 0 Å². The van der Waals surface area contributed by atoms with E-state index in [1.807, 2.05) is 0 Å². The van der Waals surface area contributed by atoms with Gasteiger partial charge in [-0.25, -0.2) is 0 Å². The molecule has 2 aromatic carbocycles. The molecule has 0 aliphatic rings. The van der Waals surface area contributed by atoms with E-state index >= 15 is 0 Å². The minimum absolute atomic E-state index is 0.750. The van der Waals surface area contributed by atoms with Crippen LogP contribution in [-0.2, 0) is 0 Å². The van der Waals surface area contributed by atoms with Gasteiger partial charge in [0.05, 0.1) is 0 Å². The summed E-state index contributed by atoms with van der Waals surface area (Å²) < 4.78 is 0. The molecule has 0 aliphatic carbocycles. The Bertz CT molecular complexity index is 335. The maximum atomic E-state index is 2.21. The van der Waals surface area contributed by atoms with E-state index in [0.29, 0.717) is 0 Å². The lowest BCUT2D eigenvalue weighted by Crippen LogP contribution is -2.01. The van der Waals surface area contributed by atoms with Gasteiger partial charge in [-0.05, 0) is 10.6 Å². The zero-order valence-corrected chi connectivity index (χ0v) is 12.0. The zero-order chi connectivity index (χ0) is 11.6. The quantitative estimate of drug-likeness (QED) is 0.561. The molecule has 0 saturated carbocycles. The average Bonchev–Trinajstić information content (AvgIpc) is 2.33. The van der Waals surface area contributed by atoms with Crippen LogP contribution in [0.2, 0.25) is 11.6 Å². The molecule has 0 unspecified atom stereocenters. The Morgan fingerprint density at radius 2 is 1.00 bits per heavy atom. The summed E-state index contributed by atoms with van der Waals surface area (Å²) in [4.78, 5) is 0. The van der Waals surface area contributed by atoms with Crippen molar-refractivity contribution < 1.29 is 0 Å². The molecule has 16 heavy (non-hydrogen) atoms. The molecule has 2 rings (SSSR count). The highest BCUT2D eigenvalue weighted by atomic mass is 31.1. The lowest BCUT2D eigenvalue weighted by molar-refractivity contribution is 1.76. The first-order chi connectivity index (χ1) is 7.86. The molecule has 0 aromatic heterocycles. The monoisotopic (exact) mass is 243 g/mol. The zero-order valence-electron chi connectivity index (χ0n) is 9.85. The predicted octanol–water partition coefficient (Wildman–Crippen LogP) is 3.10. The third-order valence-corrected chi connectivity index (χ3v) is 3.08. The highest BCUT2D eigenvalue weighted by Gasteiger charge is 1.92. The average molecular weight is 243 g/mol. The molecular weight excluding hydrogens is 226 g/mol. The van der Waals surface area contributed by atoms with Crippen LogP contribution in [0.4, 0.5) is 0 Å². The van der Waals surface area contributed by atoms with Gasteiger partial charge in [-0.15, -0.1) is 11.6 Å². The smallest absolute Gasteiger partial charge is 0.115 e. The van der Waals surface area contributed by atoms with Crippen LogP contribution in [0.25, 0.3) is 0 Å². The van der Waals surface area contributed by atoms with E-state index in [-0.39, 0.29) is 0 Å². The third kappa shape index (κ3) is 5.48. The topological polar surface area (TPSA) is 0 Å². The van der Waals surface area contributed by atoms with Gasteiger partial charge < -0.3 is 0 Å². The molecule has 0 atom stereocenters. The largest absolute Gasteiger partial charge is 0.191 e. The highest BCUT2D eigenvalue weighted by Crippen LogP contribution is 2.08. The fourth-order valence-corrected chi connectivity index (χ4v) is 2.26. The Hall–Kier alpha value is -0.598. The molecule has 0 aliphatic heterocycles. The summed E-state index contributed by atoms with van der Waals surface area (Å²) in [5.41, 5.74) is 0. The van der Waals surface area contributed by atoms with Gasteiger partial charge in [-0.3, -0.25) is 0 Å². The van der Waals surface area contributed by atoms with Gasteiger partial charge in [-0.2, -0.15) is 0 Å². The van der Waals surface area contributed by atoms with Crippen LogP contribution in [0.3, 0.4) is 0 Å². The SMILES string of the molecule is [CH3][Al][CH3].c1ccc(Pc2ccccc2)cc1. The van der Waals surface area contributed by atoms with Crippen LogP contribution in [0.1, 0.15) is 0 Å². The van der Waals surface area contributed by atoms with Crippen LogP contribution in [0, 0.1) is 0 Å². The second kappa shape index (κ2) is 8.54. The minimum Gasteiger partial charge on any atom is -0.115 e. The highest BCUT2D eigenvalue weighted by molar-refractivity contribution is 7.55. The summed E-state index contributed by atoms with van der Waals surface area (Å²) in [5.74, 6) is 4.42. The van der Waals surface area contributed by atoms with Gasteiger partial charge in [0.1, 0.15) is 0 Å². The number of rotatable bonds is 2. The Morgan fingerprint density at radius 1 is 0.688 bits per heavy atom. The second-order valence-corrected chi connectivity index (χ2v) is 5.99. The first-order valence-corrected chi connectivity index (χ1v) is 8.79. The van der Waals surface area contributed by atoms with Crippen molar-refractivity contribution in [3.8, 4) is 0 Å². The van der Waals surface area contributed by atoms with Crippen molar-refractivity contribution in [2.45, 2.75) is 11.6 Å². The Labute approximate surface area is 107 Å². The minimum atomic E-state index is 0.750. The summed E-state index contributed by atoms with van der Waals surface area (Å²) in [6.45, 7) is 0. The molecule has 0 heterocycles. The molecule has 0 amide bonds. The van der Waals surface area contributed by atoms with Crippen molar-refractivity contribution in [1.29, 1.82) is 0 Å². The van der Waals surface area contributed by atoms with Crippen LogP contribution >= 0.6 is 8.58 Å². The Kier molecular flexibility index (Phi) is 7.19. The predicted molar refractivity (Wildman–Crippen MR) is 77.9 cm³/mol. The van der Waals surface area contributed by atoms with Crippen LogP contribution in [-0.4, -0.2) is 15.2 Å². The van der Waals surface area contributed by atoms with Crippen LogP contribution < -0.4 is 10.6 Å². The molecule has 81 valence electrons. The molecule has 0 bridgehead atoms. The molecule has 2 aromatic rings. The molecule has 0 spiro atoms. The normalized spacial score (nSPS) is 8.88. The van der Waals surface area contributed by atoms with Gasteiger partial charge in [0, 0.05) is 0 Å². The molecule has 2 heteroatoms. The lowest BCUT2D eigenvalue weighted by Gasteiger charge is -2.00. The number of hydrogen-bond acceptors (Lipinski definition) is 0. The number of hydrogen-bond donors (Lipinski definition) is 0. The van der Waals surface area contributed by atoms with E-state index in [1.165, 1.54) is 10.6 Å². The molecule has 0 N–H and O–H groups in total. The van der Waals surface area contributed by atoms with E-state index < -0.39 is 0 Å². The van der Waals surface area contributed by atoms with Crippen LogP contribution in [0.5, 0.6) is 0 Å². The van der Waals surface area contributed by atoms with Crippen molar-refractivity contribution >= 4 is 34.4 Å². The molecule has 0 nitrogen and oxygen atoms in total. The van der Waals surface area contributed by atoms with Crippen molar-refractivity contribution in [1.82, 2.24) is 0 Å². The standard InChI is InChI=1S/C12H11P.2CH3.Al/c1-3-7-11(8-4-1)13-12-9-5-2-6-10-12;;;/h1-10,13H;2*1H3;. The van der Waals surface area contributed by atoms with Crippen LogP contribution in [0.15, 0.2) is 60.7 Å². The van der Waals surface area contributed by atoms with E-state index in [0.717, 1.165) is 23.8 Å². The molecule has 1 radical (unpaired) electrons. The van der Waals surface area contributed by atoms with Crippen molar-refractivity contribution in [2.75, 3.05) is 0 Å². The van der Waals surface area contributed by atoms with E-state index in [2.05, 4.69) is 72.2 Å². The Balaban J connectivity index is 0.000000386. The molecule has 0 fully saturated rings. The summed E-state index contributed by atoms with van der Waals surface area (Å²) in [6, 6.07) is 21.2. The van der Waals surface area contributed by atoms with Crippen molar-refractivity contribution in [2.24, 2.45) is 0 Å². The summed E-state index contributed by atoms with van der Waals surface area (Å²) in [7, 11) is 0.777. The fourth-order valence-electron chi connectivity index (χ4n) is 1.21. The second-order valence-electron chi connectivity index (χ2n) is 3.43. The summed E-state index contributed by atoms with van der Waals surface area (Å²) >= 11 is 0.750. The van der Waals surface area contributed by atoms with Gasteiger partial charge in [0.25, 0.3) is 0 Å². The number of benzene rings is 2. The first kappa shape index (κ1) is 13.5. The van der Waals surface area contributed by atoms with Gasteiger partial charge in [-0.1, -0.05) is 69.2 Å². The van der Waals surface area contributed by atoms with Gasteiger partial charge in [0.15, 0.2) is 15.2 Å². The van der Waals surface area contributed by atoms with Crippen molar-refractivity contribution in [3.05, 3.63) is 60.7 Å². The van der Waals surface area contributed by atoms with E-state index in [9.17, 15) is 0 Å². The van der Waals surface area contributed by atoms with E-state index in [1.54, 1.807) is 0 Å². The maximum absolute atomic E-state index is 2.21. The van der Waals surface area contributed by atoms with Gasteiger partial charge >= 0.3 is 0 Å². The first-order valence-electron chi connectivity index (χ1n) is 5.48. The maximum Gasteiger partial charge on any atom is 0.191 e. The summed E-state index contributed by atoms with van der Waals surface area (Å²) in [5, 5.41) is 2.79. The van der Waals surface area contributed by atoms with E-state index in [4.69, 9.17) is 0 Å². The molecular formula is C14H17AlP. The summed E-state index contributed by atoms with van der Waals surface area (Å²) in [6.07, 6.45) is 0. The Morgan fingerprint density at radius 3 is 1.31 bits per heavy atom.